The molecule has 0 aromatic rings. The van der Waals surface area contributed by atoms with Crippen molar-refractivity contribution in [2.75, 3.05) is 6.61 Å². The summed E-state index contributed by atoms with van der Waals surface area (Å²) in [7, 11) is 0. The standard InChI is InChI=1S/C18H29F3O3/c1-10(2)23-7-5-6-16(24-17(22)18(19,20)21)15-9-13-8-14(15)12(4)11(13)3/h10-16H,5-9H2,1-4H3. The van der Waals surface area contributed by atoms with Crippen LogP contribution in [-0.4, -0.2) is 31.0 Å². The van der Waals surface area contributed by atoms with Crippen molar-refractivity contribution >= 4 is 5.97 Å². The van der Waals surface area contributed by atoms with Crippen LogP contribution in [-0.2, 0) is 14.3 Å². The van der Waals surface area contributed by atoms with Gasteiger partial charge in [0, 0.05) is 6.61 Å². The highest BCUT2D eigenvalue weighted by molar-refractivity contribution is 5.75. The van der Waals surface area contributed by atoms with Crippen LogP contribution >= 0.6 is 0 Å². The van der Waals surface area contributed by atoms with Crippen molar-refractivity contribution in [2.45, 2.75) is 71.8 Å². The molecule has 2 aliphatic carbocycles. The third-order valence-corrected chi connectivity index (χ3v) is 6.00. The van der Waals surface area contributed by atoms with Crippen molar-refractivity contribution in [1.82, 2.24) is 0 Å². The summed E-state index contributed by atoms with van der Waals surface area (Å²) in [6, 6.07) is 0. The van der Waals surface area contributed by atoms with Gasteiger partial charge < -0.3 is 9.47 Å². The van der Waals surface area contributed by atoms with Gasteiger partial charge in [0.05, 0.1) is 6.10 Å². The highest BCUT2D eigenvalue weighted by atomic mass is 19.4. The molecule has 0 saturated heterocycles. The summed E-state index contributed by atoms with van der Waals surface area (Å²) in [5, 5.41) is 0. The van der Waals surface area contributed by atoms with E-state index in [4.69, 9.17) is 9.47 Å². The molecule has 0 amide bonds. The van der Waals surface area contributed by atoms with Gasteiger partial charge in [0.2, 0.25) is 0 Å². The van der Waals surface area contributed by atoms with Gasteiger partial charge in [-0.15, -0.1) is 0 Å². The number of alkyl halides is 3. The lowest BCUT2D eigenvalue weighted by Gasteiger charge is -2.36. The van der Waals surface area contributed by atoms with E-state index in [0.29, 0.717) is 43.1 Å². The Balaban J connectivity index is 1.99. The average Bonchev–Trinajstić information content (AvgIpc) is 3.01. The van der Waals surface area contributed by atoms with Crippen molar-refractivity contribution in [3.63, 3.8) is 0 Å². The molecule has 140 valence electrons. The molecule has 0 heterocycles. The maximum atomic E-state index is 12.6. The van der Waals surface area contributed by atoms with Gasteiger partial charge >= 0.3 is 12.1 Å². The van der Waals surface area contributed by atoms with E-state index >= 15 is 0 Å². The number of hydrogen-bond acceptors (Lipinski definition) is 3. The van der Waals surface area contributed by atoms with Crippen LogP contribution in [0.4, 0.5) is 13.2 Å². The Labute approximate surface area is 142 Å². The predicted octanol–water partition coefficient (Wildman–Crippen LogP) is 4.59. The molecule has 2 saturated carbocycles. The first kappa shape index (κ1) is 19.5. The second-order valence-electron chi connectivity index (χ2n) is 7.78. The summed E-state index contributed by atoms with van der Waals surface area (Å²) in [6.45, 7) is 8.70. The van der Waals surface area contributed by atoms with E-state index in [1.165, 1.54) is 0 Å². The maximum Gasteiger partial charge on any atom is 0.490 e. The number of fused-ring (bicyclic) bond motifs is 2. The van der Waals surface area contributed by atoms with Gasteiger partial charge in [-0.3, -0.25) is 0 Å². The molecule has 3 nitrogen and oxygen atoms in total. The Hall–Kier alpha value is -0.780. The third-order valence-electron chi connectivity index (χ3n) is 6.00. The van der Waals surface area contributed by atoms with E-state index < -0.39 is 18.2 Å². The van der Waals surface area contributed by atoms with Gasteiger partial charge in [-0.05, 0) is 69.1 Å². The maximum absolute atomic E-state index is 12.6. The summed E-state index contributed by atoms with van der Waals surface area (Å²) in [5.74, 6) is -0.00870. The number of ether oxygens (including phenoxy) is 2. The number of esters is 1. The molecule has 24 heavy (non-hydrogen) atoms. The van der Waals surface area contributed by atoms with Crippen LogP contribution < -0.4 is 0 Å². The molecule has 2 bridgehead atoms. The molecular formula is C18H29F3O3. The topological polar surface area (TPSA) is 35.5 Å². The zero-order valence-electron chi connectivity index (χ0n) is 14.9. The quantitative estimate of drug-likeness (QED) is 0.497. The molecule has 2 rings (SSSR count). The zero-order chi connectivity index (χ0) is 18.1. The second kappa shape index (κ2) is 7.63. The average molecular weight is 350 g/mol. The molecule has 6 heteroatoms. The molecule has 0 radical (unpaired) electrons. The second-order valence-corrected chi connectivity index (χ2v) is 7.78. The molecular weight excluding hydrogens is 321 g/mol. The van der Waals surface area contributed by atoms with Gasteiger partial charge in [-0.25, -0.2) is 4.79 Å². The monoisotopic (exact) mass is 350 g/mol. The van der Waals surface area contributed by atoms with Crippen LogP contribution in [0.1, 0.15) is 53.4 Å². The summed E-state index contributed by atoms with van der Waals surface area (Å²) in [6.07, 6.45) is -2.53. The van der Waals surface area contributed by atoms with Crippen LogP contribution in [0.5, 0.6) is 0 Å². The predicted molar refractivity (Wildman–Crippen MR) is 84.3 cm³/mol. The first-order valence-electron chi connectivity index (χ1n) is 9.00. The number of carbonyl (C=O) groups excluding carboxylic acids is 1. The van der Waals surface area contributed by atoms with Crippen molar-refractivity contribution in [3.05, 3.63) is 0 Å². The molecule has 0 N–H and O–H groups in total. The fourth-order valence-corrected chi connectivity index (χ4v) is 4.59. The number of halogens is 3. The van der Waals surface area contributed by atoms with Gasteiger partial charge in [0.1, 0.15) is 6.10 Å². The van der Waals surface area contributed by atoms with Gasteiger partial charge in [-0.1, -0.05) is 13.8 Å². The van der Waals surface area contributed by atoms with E-state index in [1.54, 1.807) is 0 Å². The minimum absolute atomic E-state index is 0.0477. The Morgan fingerprint density at radius 3 is 2.33 bits per heavy atom. The van der Waals surface area contributed by atoms with Crippen LogP contribution in [0.25, 0.3) is 0 Å². The molecule has 6 atom stereocenters. The molecule has 0 aromatic carbocycles. The summed E-state index contributed by atoms with van der Waals surface area (Å²) in [4.78, 5) is 11.3. The molecule has 0 aliphatic heterocycles. The Morgan fingerprint density at radius 2 is 1.83 bits per heavy atom. The smallest absolute Gasteiger partial charge is 0.455 e. The molecule has 2 fully saturated rings. The first-order chi connectivity index (χ1) is 11.1. The normalized spacial score (nSPS) is 33.9. The van der Waals surface area contributed by atoms with Crippen LogP contribution in [0.15, 0.2) is 0 Å². The summed E-state index contributed by atoms with van der Waals surface area (Å²) in [5.41, 5.74) is 0. The van der Waals surface area contributed by atoms with Crippen LogP contribution in [0.2, 0.25) is 0 Å². The molecule has 0 aromatic heterocycles. The van der Waals surface area contributed by atoms with Gasteiger partial charge in [0.15, 0.2) is 0 Å². The largest absolute Gasteiger partial charge is 0.490 e. The van der Waals surface area contributed by atoms with E-state index in [-0.39, 0.29) is 12.0 Å². The van der Waals surface area contributed by atoms with Crippen molar-refractivity contribution in [2.24, 2.45) is 29.6 Å². The van der Waals surface area contributed by atoms with E-state index in [0.717, 1.165) is 12.8 Å². The highest BCUT2D eigenvalue weighted by Crippen LogP contribution is 2.56. The van der Waals surface area contributed by atoms with E-state index in [2.05, 4.69) is 13.8 Å². The molecule has 2 aliphatic rings. The van der Waals surface area contributed by atoms with Crippen LogP contribution in [0, 0.1) is 29.6 Å². The lowest BCUT2D eigenvalue weighted by atomic mass is 9.73. The Morgan fingerprint density at radius 1 is 1.17 bits per heavy atom. The van der Waals surface area contributed by atoms with Crippen molar-refractivity contribution in [1.29, 1.82) is 0 Å². The number of carbonyl (C=O) groups is 1. The highest BCUT2D eigenvalue weighted by Gasteiger charge is 2.52. The summed E-state index contributed by atoms with van der Waals surface area (Å²) >= 11 is 0. The zero-order valence-corrected chi connectivity index (χ0v) is 14.9. The van der Waals surface area contributed by atoms with Gasteiger partial charge in [0.25, 0.3) is 0 Å². The number of rotatable bonds is 7. The van der Waals surface area contributed by atoms with Crippen molar-refractivity contribution in [3.8, 4) is 0 Å². The summed E-state index contributed by atoms with van der Waals surface area (Å²) < 4.78 is 48.2. The lowest BCUT2D eigenvalue weighted by Crippen LogP contribution is -2.38. The Kier molecular flexibility index (Phi) is 6.21. The van der Waals surface area contributed by atoms with Gasteiger partial charge in [-0.2, -0.15) is 13.2 Å². The molecule has 0 spiro atoms. The van der Waals surface area contributed by atoms with Crippen LogP contribution in [0.3, 0.4) is 0 Å². The SMILES string of the molecule is CC(C)OCCCC(OC(=O)C(F)(F)F)C1CC2CC1C(C)C2C. The third kappa shape index (κ3) is 4.44. The lowest BCUT2D eigenvalue weighted by molar-refractivity contribution is -0.209. The van der Waals surface area contributed by atoms with E-state index in [1.807, 2.05) is 13.8 Å². The fraction of sp³-hybridized carbons (Fsp3) is 0.944. The first-order valence-corrected chi connectivity index (χ1v) is 9.00. The number of hydrogen-bond donors (Lipinski definition) is 0. The fourth-order valence-electron chi connectivity index (χ4n) is 4.59. The minimum atomic E-state index is -4.93. The van der Waals surface area contributed by atoms with Crippen molar-refractivity contribution < 1.29 is 27.4 Å². The Bertz CT molecular complexity index is 434. The minimum Gasteiger partial charge on any atom is -0.455 e. The molecule has 6 unspecified atom stereocenters. The van der Waals surface area contributed by atoms with E-state index in [9.17, 15) is 18.0 Å².